The first-order valence-corrected chi connectivity index (χ1v) is 5.11. The van der Waals surface area contributed by atoms with Crippen molar-refractivity contribution in [3.8, 4) is 0 Å². The number of rotatable bonds is 2. The molecule has 0 bridgehead atoms. The summed E-state index contributed by atoms with van der Waals surface area (Å²) in [7, 11) is 0. The van der Waals surface area contributed by atoms with Crippen molar-refractivity contribution in [3.63, 3.8) is 0 Å². The van der Waals surface area contributed by atoms with Crippen LogP contribution >= 0.6 is 0 Å². The molecule has 0 radical (unpaired) electrons. The predicted molar refractivity (Wildman–Crippen MR) is 52.9 cm³/mol. The molecule has 0 aliphatic heterocycles. The van der Waals surface area contributed by atoms with Gasteiger partial charge in [0.05, 0.1) is 4.92 Å². The topological polar surface area (TPSA) is 43.1 Å². The van der Waals surface area contributed by atoms with E-state index in [0.29, 0.717) is 0 Å². The molecule has 12 heteroatoms. The van der Waals surface area contributed by atoms with E-state index in [-0.39, 0.29) is 24.3 Å². The fourth-order valence-corrected chi connectivity index (χ4v) is 1.81. The number of non-ortho nitro benzene ring substituents is 1. The van der Waals surface area contributed by atoms with E-state index in [2.05, 4.69) is 0 Å². The molecule has 124 valence electrons. The normalized spacial score (nSPS) is 14.0. The minimum Gasteiger partial charge on any atom is -0.258 e. The second-order valence-electron chi connectivity index (χ2n) is 4.05. The minimum atomic E-state index is -6.75. The summed E-state index contributed by atoms with van der Waals surface area (Å²) in [5.74, 6) is 0. The molecular weight excluding hydrogens is 337 g/mol. The van der Waals surface area contributed by atoms with Gasteiger partial charge in [-0.2, -0.15) is 39.5 Å². The van der Waals surface area contributed by atoms with Crippen molar-refractivity contribution < 1.29 is 44.4 Å². The van der Waals surface area contributed by atoms with Crippen LogP contribution in [-0.4, -0.2) is 23.5 Å². The largest absolute Gasteiger partial charge is 0.416 e. The van der Waals surface area contributed by atoms with Crippen LogP contribution in [0.15, 0.2) is 24.3 Å². The molecule has 0 aromatic heterocycles. The molecular formula is C10H4F9NO2. The quantitative estimate of drug-likeness (QED) is 0.451. The zero-order chi connectivity index (χ0) is 17.6. The number of nitro groups is 1. The Hall–Kier alpha value is -2.01. The van der Waals surface area contributed by atoms with Gasteiger partial charge in [-0.15, -0.1) is 0 Å². The van der Waals surface area contributed by atoms with Crippen LogP contribution in [0.25, 0.3) is 0 Å². The Morgan fingerprint density at radius 1 is 0.727 bits per heavy atom. The molecule has 0 heterocycles. The van der Waals surface area contributed by atoms with Crippen LogP contribution in [0.5, 0.6) is 0 Å². The standard InChI is InChI=1S/C10H4F9NO2/c11-8(12,13)7(9(14,15)16,10(17,18)19)5-1-3-6(4-2-5)20(21)22/h1-4H. The fourth-order valence-electron chi connectivity index (χ4n) is 1.81. The molecule has 0 saturated carbocycles. The molecule has 0 N–H and O–H groups in total. The lowest BCUT2D eigenvalue weighted by Crippen LogP contribution is -2.63. The van der Waals surface area contributed by atoms with Crippen LogP contribution in [0, 0.1) is 10.1 Å². The van der Waals surface area contributed by atoms with Crippen molar-refractivity contribution in [3.05, 3.63) is 39.9 Å². The average molecular weight is 341 g/mol. The molecule has 22 heavy (non-hydrogen) atoms. The zero-order valence-electron chi connectivity index (χ0n) is 9.97. The summed E-state index contributed by atoms with van der Waals surface area (Å²) in [6.07, 6.45) is -20.3. The van der Waals surface area contributed by atoms with E-state index in [0.717, 1.165) is 0 Å². The third kappa shape index (κ3) is 2.57. The molecule has 1 aromatic rings. The van der Waals surface area contributed by atoms with E-state index in [4.69, 9.17) is 0 Å². The predicted octanol–water partition coefficient (Wildman–Crippen LogP) is 4.52. The maximum atomic E-state index is 12.7. The van der Waals surface area contributed by atoms with E-state index in [1.165, 1.54) is 0 Å². The van der Waals surface area contributed by atoms with E-state index in [9.17, 15) is 49.6 Å². The smallest absolute Gasteiger partial charge is 0.258 e. The molecule has 0 fully saturated rings. The number of alkyl halides is 9. The Morgan fingerprint density at radius 3 is 1.27 bits per heavy atom. The Labute approximate surface area is 115 Å². The number of nitrogens with zero attached hydrogens (tertiary/aromatic N) is 1. The van der Waals surface area contributed by atoms with Gasteiger partial charge in [0, 0.05) is 12.1 Å². The SMILES string of the molecule is O=[N+]([O-])c1ccc(C(C(F)(F)F)(C(F)(F)F)C(F)(F)F)cc1. The first-order chi connectivity index (χ1) is 9.66. The summed E-state index contributed by atoms with van der Waals surface area (Å²) < 4.78 is 115. The van der Waals surface area contributed by atoms with Gasteiger partial charge in [-0.25, -0.2) is 0 Å². The molecule has 0 aliphatic carbocycles. The summed E-state index contributed by atoms with van der Waals surface area (Å²) in [5.41, 5.74) is -9.29. The highest BCUT2D eigenvalue weighted by Crippen LogP contribution is 2.60. The van der Waals surface area contributed by atoms with Gasteiger partial charge in [0.2, 0.25) is 0 Å². The lowest BCUT2D eigenvalue weighted by molar-refractivity contribution is -0.388. The fraction of sp³-hybridized carbons (Fsp3) is 0.400. The summed E-state index contributed by atoms with van der Waals surface area (Å²) in [4.78, 5) is 9.11. The van der Waals surface area contributed by atoms with Crippen molar-refractivity contribution in [1.29, 1.82) is 0 Å². The third-order valence-electron chi connectivity index (χ3n) is 2.79. The van der Waals surface area contributed by atoms with E-state index in [1.54, 1.807) is 0 Å². The Kier molecular flexibility index (Phi) is 4.12. The second kappa shape index (κ2) is 5.02. The molecule has 0 aliphatic rings. The maximum Gasteiger partial charge on any atom is 0.416 e. The van der Waals surface area contributed by atoms with Gasteiger partial charge in [-0.1, -0.05) is 12.1 Å². The number of nitro benzene ring substituents is 1. The molecule has 1 rings (SSSR count). The van der Waals surface area contributed by atoms with E-state index < -0.39 is 40.1 Å². The third-order valence-corrected chi connectivity index (χ3v) is 2.79. The highest BCUT2D eigenvalue weighted by Gasteiger charge is 2.84. The van der Waals surface area contributed by atoms with Crippen molar-refractivity contribution in [1.82, 2.24) is 0 Å². The van der Waals surface area contributed by atoms with Gasteiger partial charge in [0.15, 0.2) is 0 Å². The summed E-state index contributed by atoms with van der Waals surface area (Å²) in [6, 6.07) is -0.167. The Balaban J connectivity index is 3.75. The van der Waals surface area contributed by atoms with Gasteiger partial charge in [0.1, 0.15) is 0 Å². The first-order valence-electron chi connectivity index (χ1n) is 5.11. The lowest BCUT2D eigenvalue weighted by Gasteiger charge is -2.38. The molecule has 3 nitrogen and oxygen atoms in total. The lowest BCUT2D eigenvalue weighted by atomic mass is 9.78. The average Bonchev–Trinajstić information content (AvgIpc) is 2.23. The molecule has 0 saturated heterocycles. The van der Waals surface area contributed by atoms with Crippen LogP contribution in [-0.2, 0) is 5.41 Å². The zero-order valence-corrected chi connectivity index (χ0v) is 9.97. The summed E-state index contributed by atoms with van der Waals surface area (Å²) in [6.45, 7) is 0. The van der Waals surface area contributed by atoms with Crippen molar-refractivity contribution in [2.45, 2.75) is 23.9 Å². The van der Waals surface area contributed by atoms with Crippen molar-refractivity contribution in [2.75, 3.05) is 0 Å². The number of benzene rings is 1. The Bertz CT molecular complexity index is 520. The molecule has 0 atom stereocenters. The highest BCUT2D eigenvalue weighted by molar-refractivity contribution is 5.40. The van der Waals surface area contributed by atoms with E-state index >= 15 is 0 Å². The van der Waals surface area contributed by atoms with Gasteiger partial charge < -0.3 is 0 Å². The van der Waals surface area contributed by atoms with Crippen molar-refractivity contribution >= 4 is 5.69 Å². The highest BCUT2D eigenvalue weighted by atomic mass is 19.4. The molecule has 1 aromatic carbocycles. The van der Waals surface area contributed by atoms with Crippen LogP contribution < -0.4 is 0 Å². The summed E-state index contributed by atoms with van der Waals surface area (Å²) >= 11 is 0. The molecule has 0 amide bonds. The number of hydrogen-bond acceptors (Lipinski definition) is 2. The van der Waals surface area contributed by atoms with Gasteiger partial charge >= 0.3 is 18.5 Å². The van der Waals surface area contributed by atoms with Crippen LogP contribution in [0.4, 0.5) is 45.2 Å². The minimum absolute atomic E-state index is 0.132. The number of halogens is 9. The first kappa shape index (κ1) is 18.0. The van der Waals surface area contributed by atoms with Crippen molar-refractivity contribution in [2.24, 2.45) is 0 Å². The van der Waals surface area contributed by atoms with Crippen LogP contribution in [0.2, 0.25) is 0 Å². The van der Waals surface area contributed by atoms with Gasteiger partial charge in [0.25, 0.3) is 11.1 Å². The molecule has 0 unspecified atom stereocenters. The number of hydrogen-bond donors (Lipinski definition) is 0. The second-order valence-corrected chi connectivity index (χ2v) is 4.05. The van der Waals surface area contributed by atoms with Crippen LogP contribution in [0.1, 0.15) is 5.56 Å². The van der Waals surface area contributed by atoms with Crippen LogP contribution in [0.3, 0.4) is 0 Å². The molecule has 0 spiro atoms. The van der Waals surface area contributed by atoms with E-state index in [1.807, 2.05) is 0 Å². The Morgan fingerprint density at radius 2 is 1.05 bits per heavy atom. The monoisotopic (exact) mass is 341 g/mol. The maximum absolute atomic E-state index is 12.7. The summed E-state index contributed by atoms with van der Waals surface area (Å²) in [5, 5.41) is 10.3. The van der Waals surface area contributed by atoms with Gasteiger partial charge in [-0.05, 0) is 5.56 Å². The van der Waals surface area contributed by atoms with Gasteiger partial charge in [-0.3, -0.25) is 10.1 Å².